The molecule has 1 unspecified atom stereocenters. The summed E-state index contributed by atoms with van der Waals surface area (Å²) >= 11 is 5.90. The molecule has 3 rings (SSSR count). The molecule has 6 nitrogen and oxygen atoms in total. The third kappa shape index (κ3) is 3.54. The summed E-state index contributed by atoms with van der Waals surface area (Å²) in [5, 5.41) is 0.707. The van der Waals surface area contributed by atoms with Gasteiger partial charge in [-0.25, -0.2) is 4.79 Å². The van der Waals surface area contributed by atoms with Crippen molar-refractivity contribution in [3.8, 4) is 0 Å². The summed E-state index contributed by atoms with van der Waals surface area (Å²) in [5.74, 6) is 0.0876. The van der Waals surface area contributed by atoms with Gasteiger partial charge in [-0.1, -0.05) is 23.7 Å². The maximum absolute atomic E-state index is 12.7. The van der Waals surface area contributed by atoms with Crippen molar-refractivity contribution in [2.24, 2.45) is 20.0 Å². The molecule has 1 fully saturated rings. The Morgan fingerprint density at radius 1 is 1.16 bits per heavy atom. The molecule has 1 aliphatic rings. The first-order chi connectivity index (χ1) is 11.9. The highest BCUT2D eigenvalue weighted by atomic mass is 35.5. The second-order valence-corrected chi connectivity index (χ2v) is 6.94. The minimum Gasteiger partial charge on any atom is -0.337 e. The van der Waals surface area contributed by atoms with Gasteiger partial charge in [-0.2, -0.15) is 0 Å². The lowest BCUT2D eigenvalue weighted by atomic mass is 9.99. The van der Waals surface area contributed by atoms with Gasteiger partial charge >= 0.3 is 5.69 Å². The second-order valence-electron chi connectivity index (χ2n) is 6.50. The Morgan fingerprint density at radius 3 is 2.52 bits per heavy atom. The zero-order chi connectivity index (χ0) is 18.1. The maximum Gasteiger partial charge on any atom is 0.331 e. The van der Waals surface area contributed by atoms with Gasteiger partial charge in [0, 0.05) is 38.3 Å². The van der Waals surface area contributed by atoms with Crippen LogP contribution in [0.3, 0.4) is 0 Å². The highest BCUT2D eigenvalue weighted by molar-refractivity contribution is 6.30. The molecule has 1 aliphatic heterocycles. The van der Waals surface area contributed by atoms with Crippen LogP contribution in [0.25, 0.3) is 0 Å². The molecule has 1 atom stereocenters. The Labute approximate surface area is 150 Å². The van der Waals surface area contributed by atoms with Crippen LogP contribution in [0.4, 0.5) is 0 Å². The first kappa shape index (κ1) is 17.5. The van der Waals surface area contributed by atoms with Gasteiger partial charge in [0.2, 0.25) is 0 Å². The summed E-state index contributed by atoms with van der Waals surface area (Å²) in [7, 11) is 2.91. The molecule has 0 radical (unpaired) electrons. The van der Waals surface area contributed by atoms with Crippen LogP contribution in [0.15, 0.2) is 39.9 Å². The number of likely N-dealkylation sites (tertiary alicyclic amines) is 1. The summed E-state index contributed by atoms with van der Waals surface area (Å²) in [6.07, 6.45) is 1.77. The van der Waals surface area contributed by atoms with Crippen LogP contribution in [0.1, 0.15) is 22.5 Å². The molecule has 0 bridgehead atoms. The fourth-order valence-corrected chi connectivity index (χ4v) is 3.36. The van der Waals surface area contributed by atoms with Gasteiger partial charge in [0.25, 0.3) is 11.5 Å². The molecule has 7 heteroatoms. The number of amides is 1. The van der Waals surface area contributed by atoms with Crippen molar-refractivity contribution in [1.82, 2.24) is 14.0 Å². The summed E-state index contributed by atoms with van der Waals surface area (Å²) in [5.41, 5.74) is 0.362. The van der Waals surface area contributed by atoms with Crippen molar-refractivity contribution in [2.45, 2.75) is 12.8 Å². The predicted molar refractivity (Wildman–Crippen MR) is 96.1 cm³/mol. The van der Waals surface area contributed by atoms with Crippen molar-refractivity contribution in [1.29, 1.82) is 0 Å². The monoisotopic (exact) mass is 361 g/mol. The zero-order valence-electron chi connectivity index (χ0n) is 14.2. The number of nitrogens with zero attached hydrogens (tertiary/aromatic N) is 3. The number of rotatable bonds is 3. The standard InChI is InChI=1S/C18H20ClN3O3/c1-20-15(10-16(23)21(2)18(20)25)17(24)22-8-7-13(11-22)9-12-3-5-14(19)6-4-12/h3-6,10,13H,7-9,11H2,1-2H3. The van der Waals surface area contributed by atoms with E-state index in [1.165, 1.54) is 30.3 Å². The Bertz CT molecular complexity index is 915. The fourth-order valence-electron chi connectivity index (χ4n) is 3.24. The van der Waals surface area contributed by atoms with Crippen LogP contribution in [0.2, 0.25) is 5.02 Å². The van der Waals surface area contributed by atoms with E-state index in [9.17, 15) is 14.4 Å². The number of halogens is 1. The summed E-state index contributed by atoms with van der Waals surface area (Å²) in [4.78, 5) is 38.3. The number of hydrogen-bond donors (Lipinski definition) is 0. The summed E-state index contributed by atoms with van der Waals surface area (Å²) in [6.45, 7) is 1.24. The van der Waals surface area contributed by atoms with E-state index in [2.05, 4.69) is 0 Å². The summed E-state index contributed by atoms with van der Waals surface area (Å²) in [6, 6.07) is 8.96. The Kier molecular flexibility index (Phi) is 4.81. The number of carbonyl (C=O) groups is 1. The molecule has 1 aromatic heterocycles. The van der Waals surface area contributed by atoms with Crippen molar-refractivity contribution in [3.05, 3.63) is 67.4 Å². The third-order valence-corrected chi connectivity index (χ3v) is 5.01. The molecule has 0 N–H and O–H groups in total. The molecule has 25 heavy (non-hydrogen) atoms. The van der Waals surface area contributed by atoms with Crippen LogP contribution in [-0.2, 0) is 20.5 Å². The van der Waals surface area contributed by atoms with E-state index in [0.717, 1.165) is 17.4 Å². The molecular weight excluding hydrogens is 342 g/mol. The van der Waals surface area contributed by atoms with Crippen LogP contribution in [0.5, 0.6) is 0 Å². The van der Waals surface area contributed by atoms with E-state index < -0.39 is 11.2 Å². The van der Waals surface area contributed by atoms with Crippen LogP contribution in [-0.4, -0.2) is 33.0 Å². The highest BCUT2D eigenvalue weighted by Gasteiger charge is 2.28. The number of aromatic nitrogens is 2. The first-order valence-electron chi connectivity index (χ1n) is 8.17. The molecule has 2 aromatic rings. The molecule has 1 amide bonds. The highest BCUT2D eigenvalue weighted by Crippen LogP contribution is 2.23. The largest absolute Gasteiger partial charge is 0.337 e. The topological polar surface area (TPSA) is 64.3 Å². The van der Waals surface area contributed by atoms with E-state index in [1.54, 1.807) is 4.90 Å². The van der Waals surface area contributed by atoms with E-state index in [0.29, 0.717) is 24.0 Å². The molecule has 0 spiro atoms. The van der Waals surface area contributed by atoms with Gasteiger partial charge in [0.15, 0.2) is 0 Å². The predicted octanol–water partition coefficient (Wildman–Crippen LogP) is 1.44. The first-order valence-corrected chi connectivity index (χ1v) is 8.55. The smallest absolute Gasteiger partial charge is 0.331 e. The molecular formula is C18H20ClN3O3. The van der Waals surface area contributed by atoms with E-state index in [-0.39, 0.29) is 11.6 Å². The quantitative estimate of drug-likeness (QED) is 0.831. The van der Waals surface area contributed by atoms with Crippen molar-refractivity contribution in [3.63, 3.8) is 0 Å². The minimum absolute atomic E-state index is 0.139. The Hall–Kier alpha value is -2.34. The average molecular weight is 362 g/mol. The number of carbonyl (C=O) groups excluding carboxylic acids is 1. The van der Waals surface area contributed by atoms with Crippen LogP contribution >= 0.6 is 11.6 Å². The molecule has 1 aromatic carbocycles. The third-order valence-electron chi connectivity index (χ3n) is 4.76. The van der Waals surface area contributed by atoms with Gasteiger partial charge < -0.3 is 4.90 Å². The van der Waals surface area contributed by atoms with Gasteiger partial charge in [0.05, 0.1) is 0 Å². The SMILES string of the molecule is Cn1c(C(=O)N2CCC(Cc3ccc(Cl)cc3)C2)cc(=O)n(C)c1=O. The fraction of sp³-hybridized carbons (Fsp3) is 0.389. The van der Waals surface area contributed by atoms with E-state index in [4.69, 9.17) is 11.6 Å². The average Bonchev–Trinajstić information content (AvgIpc) is 3.06. The zero-order valence-corrected chi connectivity index (χ0v) is 15.0. The molecule has 2 heterocycles. The van der Waals surface area contributed by atoms with Gasteiger partial charge in [-0.3, -0.25) is 18.7 Å². The second kappa shape index (κ2) is 6.88. The molecule has 0 aliphatic carbocycles. The van der Waals surface area contributed by atoms with Gasteiger partial charge in [-0.15, -0.1) is 0 Å². The van der Waals surface area contributed by atoms with E-state index >= 15 is 0 Å². The molecule has 1 saturated heterocycles. The number of benzene rings is 1. The minimum atomic E-state index is -0.493. The van der Waals surface area contributed by atoms with Crippen LogP contribution < -0.4 is 11.2 Å². The Balaban J connectivity index is 1.74. The lowest BCUT2D eigenvalue weighted by Crippen LogP contribution is -2.42. The molecule has 132 valence electrons. The Morgan fingerprint density at radius 2 is 1.84 bits per heavy atom. The lowest BCUT2D eigenvalue weighted by molar-refractivity contribution is 0.0775. The lowest BCUT2D eigenvalue weighted by Gasteiger charge is -2.18. The van der Waals surface area contributed by atoms with Crippen molar-refractivity contribution < 1.29 is 4.79 Å². The van der Waals surface area contributed by atoms with Gasteiger partial charge in [0.1, 0.15) is 5.69 Å². The van der Waals surface area contributed by atoms with E-state index in [1.807, 2.05) is 24.3 Å². The van der Waals surface area contributed by atoms with Gasteiger partial charge in [-0.05, 0) is 36.5 Å². The van der Waals surface area contributed by atoms with Crippen LogP contribution in [0, 0.1) is 5.92 Å². The summed E-state index contributed by atoms with van der Waals surface area (Å²) < 4.78 is 2.22. The maximum atomic E-state index is 12.7. The van der Waals surface area contributed by atoms with Crippen molar-refractivity contribution >= 4 is 17.5 Å². The molecule has 0 saturated carbocycles. The van der Waals surface area contributed by atoms with Crippen molar-refractivity contribution in [2.75, 3.05) is 13.1 Å². The normalized spacial score (nSPS) is 17.1. The number of hydrogen-bond acceptors (Lipinski definition) is 3.